The first kappa shape index (κ1) is 18.8. The number of hydrogen-bond acceptors (Lipinski definition) is 9. The van der Waals surface area contributed by atoms with Crippen LogP contribution in [0, 0.1) is 79.8 Å². The summed E-state index contributed by atoms with van der Waals surface area (Å²) in [4.78, 5) is 55.2. The van der Waals surface area contributed by atoms with Crippen molar-refractivity contribution in [3.05, 3.63) is 12.2 Å². The van der Waals surface area contributed by atoms with Gasteiger partial charge in [-0.15, -0.1) is 0 Å². The van der Waals surface area contributed by atoms with E-state index in [2.05, 4.69) is 12.2 Å². The predicted octanol–water partition coefficient (Wildman–Crippen LogP) is -0.0276. The predicted molar refractivity (Wildman–Crippen MR) is 108 cm³/mol. The van der Waals surface area contributed by atoms with E-state index < -0.39 is 32.5 Å². The molecule has 0 aromatic rings. The summed E-state index contributed by atoms with van der Waals surface area (Å²) < 4.78 is 28.0. The van der Waals surface area contributed by atoms with Gasteiger partial charge < -0.3 is 23.7 Å². The summed E-state index contributed by atoms with van der Waals surface area (Å²) >= 11 is 0. The third-order valence-electron chi connectivity index (χ3n) is 13.9. The van der Waals surface area contributed by atoms with Crippen LogP contribution in [0.25, 0.3) is 0 Å². The zero-order chi connectivity index (χ0) is 24.0. The monoisotopic (exact) mass is 480 g/mol. The molecule has 1 saturated heterocycles. The largest absolute Gasteiger partial charge is 0.469 e. The first-order valence-corrected chi connectivity index (χ1v) is 12.5. The van der Waals surface area contributed by atoms with Gasteiger partial charge in [0.15, 0.2) is 0 Å². The standard InChI is InChI=1S/C26H24O9/c1-31-17(27)21-8-6-5-7-9-16-22(9,18(28)32-2)26(16,20(30)34-4)24-12-10(21)11(13(24)15-14(12)35-15)25(21,19(29)33-3)23(7,8)24/h5-16H,1-4H3. The summed E-state index contributed by atoms with van der Waals surface area (Å²) in [6.07, 6.45) is 4.13. The first-order valence-electron chi connectivity index (χ1n) is 12.5. The molecule has 6 bridgehead atoms. The number of epoxide rings is 1. The van der Waals surface area contributed by atoms with E-state index in [1.165, 1.54) is 28.4 Å². The zero-order valence-electron chi connectivity index (χ0n) is 19.6. The Labute approximate surface area is 199 Å². The maximum atomic E-state index is 14.0. The molecule has 1 aliphatic heterocycles. The number of ether oxygens (including phenoxy) is 5. The average Bonchev–Trinajstić information content (AvgIpc) is 3.80. The van der Waals surface area contributed by atoms with Gasteiger partial charge in [0.1, 0.15) is 0 Å². The molecular weight excluding hydrogens is 456 g/mol. The van der Waals surface area contributed by atoms with Gasteiger partial charge in [0.25, 0.3) is 0 Å². The van der Waals surface area contributed by atoms with Gasteiger partial charge in [0.2, 0.25) is 0 Å². The second-order valence-electron chi connectivity index (χ2n) is 12.6. The Morgan fingerprint density at radius 3 is 1.83 bits per heavy atom. The number of esters is 4. The van der Waals surface area contributed by atoms with E-state index in [1.807, 2.05) is 0 Å². The lowest BCUT2D eigenvalue weighted by Crippen LogP contribution is -2.96. The van der Waals surface area contributed by atoms with E-state index in [1.54, 1.807) is 0 Å². The Hall–Kier alpha value is -2.42. The topological polar surface area (TPSA) is 118 Å². The third kappa shape index (κ3) is 0.961. The molecule has 0 radical (unpaired) electrons. The average molecular weight is 480 g/mol. The van der Waals surface area contributed by atoms with Gasteiger partial charge >= 0.3 is 23.9 Å². The Morgan fingerprint density at radius 2 is 1.20 bits per heavy atom. The minimum Gasteiger partial charge on any atom is -0.469 e. The van der Waals surface area contributed by atoms with E-state index in [4.69, 9.17) is 23.7 Å². The van der Waals surface area contributed by atoms with Crippen molar-refractivity contribution >= 4 is 23.9 Å². The summed E-state index contributed by atoms with van der Waals surface area (Å²) in [7, 11) is 5.54. The van der Waals surface area contributed by atoms with E-state index in [0.717, 1.165) is 0 Å². The number of rotatable bonds is 4. The molecule has 16 atom stereocenters. The second-order valence-corrected chi connectivity index (χ2v) is 12.6. The van der Waals surface area contributed by atoms with E-state index >= 15 is 0 Å². The summed E-state index contributed by atoms with van der Waals surface area (Å²) in [5, 5.41) is 0. The molecule has 9 heteroatoms. The minimum absolute atomic E-state index is 0.0620. The van der Waals surface area contributed by atoms with Crippen LogP contribution in [0.5, 0.6) is 0 Å². The first-order chi connectivity index (χ1) is 16.9. The number of methoxy groups -OCH3 is 4. The molecule has 0 aromatic carbocycles. The molecule has 16 unspecified atom stereocenters. The summed E-state index contributed by atoms with van der Waals surface area (Å²) in [6.45, 7) is 0. The number of carbonyl (C=O) groups excluding carboxylic acids is 4. The van der Waals surface area contributed by atoms with Gasteiger partial charge in [-0.3, -0.25) is 19.2 Å². The van der Waals surface area contributed by atoms with Crippen LogP contribution in [0.3, 0.4) is 0 Å². The molecule has 10 fully saturated rings. The number of fused-ring (bicyclic) bond motifs is 5. The highest BCUT2D eigenvalue weighted by molar-refractivity contribution is 6.07. The third-order valence-corrected chi connectivity index (χ3v) is 13.9. The van der Waals surface area contributed by atoms with Crippen molar-refractivity contribution in [3.63, 3.8) is 0 Å². The van der Waals surface area contributed by atoms with E-state index in [-0.39, 0.29) is 83.4 Å². The van der Waals surface area contributed by atoms with Crippen molar-refractivity contribution in [3.8, 4) is 0 Å². The number of allylic oxidation sites excluding steroid dienone is 2. The molecule has 11 rings (SSSR count). The summed E-state index contributed by atoms with van der Waals surface area (Å²) in [5.74, 6) is -2.50. The molecule has 35 heavy (non-hydrogen) atoms. The second kappa shape index (κ2) is 4.33. The van der Waals surface area contributed by atoms with Crippen molar-refractivity contribution in [1.82, 2.24) is 0 Å². The fourth-order valence-corrected chi connectivity index (χ4v) is 14.8. The van der Waals surface area contributed by atoms with Gasteiger partial charge in [-0.2, -0.15) is 0 Å². The Bertz CT molecular complexity index is 1330. The smallest absolute Gasteiger partial charge is 0.313 e. The van der Waals surface area contributed by atoms with Crippen molar-refractivity contribution in [2.24, 2.45) is 79.8 Å². The number of hydrogen-bond donors (Lipinski definition) is 0. The molecule has 10 aliphatic carbocycles. The normalized spacial score (nSPS) is 68.9. The van der Waals surface area contributed by atoms with Crippen LogP contribution in [0.15, 0.2) is 12.2 Å². The van der Waals surface area contributed by atoms with E-state index in [0.29, 0.717) is 0 Å². The Kier molecular flexibility index (Phi) is 2.33. The molecule has 0 N–H and O–H groups in total. The Balaban J connectivity index is 1.35. The lowest BCUT2D eigenvalue weighted by atomic mass is 9.09. The van der Waals surface area contributed by atoms with Crippen LogP contribution < -0.4 is 0 Å². The van der Waals surface area contributed by atoms with Crippen LogP contribution in [-0.4, -0.2) is 64.5 Å². The maximum absolute atomic E-state index is 14.0. The highest BCUT2D eigenvalue weighted by Gasteiger charge is 3.25. The number of carbonyl (C=O) groups is 4. The molecule has 9 saturated carbocycles. The van der Waals surface area contributed by atoms with Crippen LogP contribution >= 0.6 is 0 Å². The maximum Gasteiger partial charge on any atom is 0.313 e. The summed E-state index contributed by atoms with van der Waals surface area (Å²) in [5.41, 5.74) is -5.35. The minimum atomic E-state index is -1.07. The van der Waals surface area contributed by atoms with Gasteiger partial charge in [0, 0.05) is 16.7 Å². The van der Waals surface area contributed by atoms with Crippen molar-refractivity contribution in [2.75, 3.05) is 28.4 Å². The van der Waals surface area contributed by atoms with Crippen LogP contribution in [0.1, 0.15) is 0 Å². The van der Waals surface area contributed by atoms with E-state index in [9.17, 15) is 19.2 Å². The van der Waals surface area contributed by atoms with Crippen molar-refractivity contribution < 1.29 is 42.9 Å². The molecule has 2 spiro atoms. The molecular formula is C26H24O9. The fourth-order valence-electron chi connectivity index (χ4n) is 14.8. The SMILES string of the molecule is COC(=O)C12C3C1C2(C(=O)OC)C12C4C5OC5C1C1C4C4(C(=O)OC)C5C=CC3C52C14C(=O)OC. The zero-order valence-corrected chi connectivity index (χ0v) is 19.6. The lowest BCUT2D eigenvalue weighted by molar-refractivity contribution is -0.446. The van der Waals surface area contributed by atoms with Crippen molar-refractivity contribution in [1.29, 1.82) is 0 Å². The lowest BCUT2D eigenvalue weighted by Gasteiger charge is -2.89. The van der Waals surface area contributed by atoms with Crippen LogP contribution in [0.2, 0.25) is 0 Å². The van der Waals surface area contributed by atoms with Crippen molar-refractivity contribution in [2.45, 2.75) is 12.2 Å². The van der Waals surface area contributed by atoms with Gasteiger partial charge in [-0.25, -0.2) is 0 Å². The molecule has 9 nitrogen and oxygen atoms in total. The van der Waals surface area contributed by atoms with Crippen LogP contribution in [0.4, 0.5) is 0 Å². The molecule has 0 aromatic heterocycles. The molecule has 1 heterocycles. The highest BCUT2D eigenvalue weighted by Crippen LogP contribution is 3.19. The highest BCUT2D eigenvalue weighted by atomic mass is 16.6. The van der Waals surface area contributed by atoms with Crippen LogP contribution in [-0.2, 0) is 42.9 Å². The fraction of sp³-hybridized carbons (Fsp3) is 0.769. The summed E-state index contributed by atoms with van der Waals surface area (Å²) in [6, 6.07) is 0. The molecule has 0 amide bonds. The quantitative estimate of drug-likeness (QED) is 0.237. The van der Waals surface area contributed by atoms with Gasteiger partial charge in [-0.1, -0.05) is 12.2 Å². The van der Waals surface area contributed by atoms with Gasteiger partial charge in [-0.05, 0) is 41.4 Å². The Morgan fingerprint density at radius 1 is 0.629 bits per heavy atom. The molecule has 182 valence electrons. The molecule has 11 aliphatic rings. The van der Waals surface area contributed by atoms with Gasteiger partial charge in [0.05, 0.1) is 62.3 Å².